The molecule has 2 fully saturated rings. The number of likely N-dealkylation sites (N-methyl/N-ethyl adjacent to an activating group) is 2. The summed E-state index contributed by atoms with van der Waals surface area (Å²) in [6.45, 7) is 10.7. The average Bonchev–Trinajstić information content (AvgIpc) is 2.42. The molecule has 3 heteroatoms. The Labute approximate surface area is 119 Å². The lowest BCUT2D eigenvalue weighted by Gasteiger charge is -2.42. The highest BCUT2D eigenvalue weighted by Crippen LogP contribution is 2.27. The summed E-state index contributed by atoms with van der Waals surface area (Å²) in [5, 5.41) is 3.78. The van der Waals surface area contributed by atoms with Crippen molar-refractivity contribution in [3.05, 3.63) is 0 Å². The third kappa shape index (κ3) is 4.44. The molecule has 2 rings (SSSR count). The van der Waals surface area contributed by atoms with E-state index in [4.69, 9.17) is 0 Å². The van der Waals surface area contributed by atoms with Gasteiger partial charge in [0.25, 0.3) is 0 Å². The minimum Gasteiger partial charge on any atom is -0.313 e. The van der Waals surface area contributed by atoms with Gasteiger partial charge >= 0.3 is 0 Å². The van der Waals surface area contributed by atoms with Gasteiger partial charge in [0.1, 0.15) is 0 Å². The molecule has 2 atom stereocenters. The summed E-state index contributed by atoms with van der Waals surface area (Å²) in [5.74, 6) is 0.917. The second-order valence-electron chi connectivity index (χ2n) is 6.67. The van der Waals surface area contributed by atoms with E-state index in [2.05, 4.69) is 36.0 Å². The quantitative estimate of drug-likeness (QED) is 0.824. The van der Waals surface area contributed by atoms with E-state index in [1.54, 1.807) is 0 Å². The number of nitrogens with one attached hydrogen (secondary N) is 1. The largest absolute Gasteiger partial charge is 0.313 e. The number of rotatable bonds is 5. The van der Waals surface area contributed by atoms with Crippen molar-refractivity contribution in [2.45, 2.75) is 58.0 Å². The fourth-order valence-electron chi connectivity index (χ4n) is 3.88. The van der Waals surface area contributed by atoms with Crippen LogP contribution in [0.15, 0.2) is 0 Å². The van der Waals surface area contributed by atoms with Crippen molar-refractivity contribution in [1.82, 2.24) is 15.1 Å². The maximum Gasteiger partial charge on any atom is 0.0223 e. The van der Waals surface area contributed by atoms with Gasteiger partial charge in [-0.05, 0) is 39.3 Å². The minimum atomic E-state index is 0.712. The van der Waals surface area contributed by atoms with Crippen LogP contribution >= 0.6 is 0 Å². The fourth-order valence-corrected chi connectivity index (χ4v) is 3.88. The molecule has 1 aliphatic heterocycles. The average molecular weight is 267 g/mol. The smallest absolute Gasteiger partial charge is 0.0223 e. The molecule has 0 bridgehead atoms. The van der Waals surface area contributed by atoms with Crippen LogP contribution in [0.3, 0.4) is 0 Å². The maximum atomic E-state index is 3.78. The molecule has 112 valence electrons. The zero-order valence-corrected chi connectivity index (χ0v) is 13.2. The predicted octanol–water partition coefficient (Wildman–Crippen LogP) is 2.18. The normalized spacial score (nSPS) is 29.5. The first kappa shape index (κ1) is 15.3. The molecule has 2 unspecified atom stereocenters. The van der Waals surface area contributed by atoms with Crippen molar-refractivity contribution < 1.29 is 0 Å². The molecular formula is C16H33N3. The summed E-state index contributed by atoms with van der Waals surface area (Å²) < 4.78 is 0. The highest BCUT2D eigenvalue weighted by Gasteiger charge is 2.28. The van der Waals surface area contributed by atoms with Gasteiger partial charge in [-0.3, -0.25) is 4.90 Å². The molecule has 1 aliphatic carbocycles. The van der Waals surface area contributed by atoms with Crippen molar-refractivity contribution in [1.29, 1.82) is 0 Å². The van der Waals surface area contributed by atoms with Crippen molar-refractivity contribution in [3.8, 4) is 0 Å². The summed E-state index contributed by atoms with van der Waals surface area (Å²) in [5.41, 5.74) is 0. The fraction of sp³-hybridized carbons (Fsp3) is 1.00. The Kier molecular flexibility index (Phi) is 6.11. The monoisotopic (exact) mass is 267 g/mol. The van der Waals surface area contributed by atoms with Crippen LogP contribution in [-0.2, 0) is 0 Å². The van der Waals surface area contributed by atoms with E-state index in [1.807, 2.05) is 0 Å². The van der Waals surface area contributed by atoms with E-state index < -0.39 is 0 Å². The van der Waals surface area contributed by atoms with Gasteiger partial charge in [-0.1, -0.05) is 26.2 Å². The predicted molar refractivity (Wildman–Crippen MR) is 82.6 cm³/mol. The first-order chi connectivity index (χ1) is 9.20. The van der Waals surface area contributed by atoms with Crippen LogP contribution < -0.4 is 5.32 Å². The Hall–Kier alpha value is -0.120. The van der Waals surface area contributed by atoms with E-state index in [1.165, 1.54) is 58.3 Å². The van der Waals surface area contributed by atoms with Gasteiger partial charge in [-0.2, -0.15) is 0 Å². The van der Waals surface area contributed by atoms with E-state index in [0.717, 1.165) is 18.5 Å². The van der Waals surface area contributed by atoms with Gasteiger partial charge < -0.3 is 10.2 Å². The first-order valence-corrected chi connectivity index (χ1v) is 8.36. The van der Waals surface area contributed by atoms with Crippen LogP contribution in [-0.4, -0.2) is 61.7 Å². The van der Waals surface area contributed by atoms with E-state index in [0.29, 0.717) is 6.04 Å². The molecule has 3 nitrogen and oxygen atoms in total. The summed E-state index contributed by atoms with van der Waals surface area (Å²) in [4.78, 5) is 5.17. The molecule has 0 spiro atoms. The molecule has 0 aromatic rings. The lowest BCUT2D eigenvalue weighted by atomic mass is 9.83. The Morgan fingerprint density at radius 3 is 2.53 bits per heavy atom. The van der Waals surface area contributed by atoms with Crippen LogP contribution in [0.5, 0.6) is 0 Å². The van der Waals surface area contributed by atoms with E-state index in [9.17, 15) is 0 Å². The van der Waals surface area contributed by atoms with Crippen LogP contribution in [0.25, 0.3) is 0 Å². The molecule has 0 amide bonds. The first-order valence-electron chi connectivity index (χ1n) is 8.36. The van der Waals surface area contributed by atoms with Crippen LogP contribution in [0, 0.1) is 5.92 Å². The molecule has 2 aliphatic rings. The molecule has 19 heavy (non-hydrogen) atoms. The Morgan fingerprint density at radius 2 is 1.89 bits per heavy atom. The standard InChI is InChI=1S/C16H33N3/c1-4-17-16(15-8-6-5-7-9-15)13-19-11-10-18(3)12-14(19)2/h14-17H,4-13H2,1-3H3. The number of hydrogen-bond acceptors (Lipinski definition) is 3. The molecule has 1 saturated heterocycles. The van der Waals surface area contributed by atoms with Crippen molar-refractivity contribution >= 4 is 0 Å². The van der Waals surface area contributed by atoms with Crippen molar-refractivity contribution in [2.24, 2.45) is 5.92 Å². The van der Waals surface area contributed by atoms with Crippen molar-refractivity contribution in [3.63, 3.8) is 0 Å². The molecule has 1 N–H and O–H groups in total. The summed E-state index contributed by atoms with van der Waals surface area (Å²) in [6.07, 6.45) is 7.25. The zero-order chi connectivity index (χ0) is 13.7. The van der Waals surface area contributed by atoms with Gasteiger partial charge in [-0.15, -0.1) is 0 Å². The Morgan fingerprint density at radius 1 is 1.16 bits per heavy atom. The number of piperazine rings is 1. The molecule has 1 saturated carbocycles. The van der Waals surface area contributed by atoms with Crippen LogP contribution in [0.2, 0.25) is 0 Å². The molecule has 0 aromatic heterocycles. The minimum absolute atomic E-state index is 0.712. The molecule has 0 radical (unpaired) electrons. The Balaban J connectivity index is 1.88. The number of nitrogens with zero attached hydrogens (tertiary/aromatic N) is 2. The van der Waals surface area contributed by atoms with Crippen molar-refractivity contribution in [2.75, 3.05) is 39.8 Å². The summed E-state index contributed by atoms with van der Waals surface area (Å²) in [7, 11) is 2.25. The second-order valence-corrected chi connectivity index (χ2v) is 6.67. The highest BCUT2D eigenvalue weighted by molar-refractivity contribution is 4.86. The van der Waals surface area contributed by atoms with E-state index >= 15 is 0 Å². The zero-order valence-electron chi connectivity index (χ0n) is 13.2. The highest BCUT2D eigenvalue weighted by atomic mass is 15.3. The van der Waals surface area contributed by atoms with E-state index in [-0.39, 0.29) is 0 Å². The lowest BCUT2D eigenvalue weighted by molar-refractivity contribution is 0.0780. The third-order valence-electron chi connectivity index (χ3n) is 5.08. The number of hydrogen-bond donors (Lipinski definition) is 1. The summed E-state index contributed by atoms with van der Waals surface area (Å²) >= 11 is 0. The lowest BCUT2D eigenvalue weighted by Crippen LogP contribution is -2.55. The SMILES string of the molecule is CCNC(CN1CCN(C)CC1C)C1CCCCC1. The van der Waals surface area contributed by atoms with Gasteiger partial charge in [0.2, 0.25) is 0 Å². The van der Waals surface area contributed by atoms with Crippen LogP contribution in [0.1, 0.15) is 46.0 Å². The molecule has 1 heterocycles. The Bertz CT molecular complexity index is 250. The van der Waals surface area contributed by atoms with Gasteiger partial charge in [0.15, 0.2) is 0 Å². The van der Waals surface area contributed by atoms with Gasteiger partial charge in [0, 0.05) is 38.3 Å². The van der Waals surface area contributed by atoms with Gasteiger partial charge in [-0.25, -0.2) is 0 Å². The summed E-state index contributed by atoms with van der Waals surface area (Å²) in [6, 6.07) is 1.43. The maximum absolute atomic E-state index is 3.78. The molecular weight excluding hydrogens is 234 g/mol. The topological polar surface area (TPSA) is 18.5 Å². The third-order valence-corrected chi connectivity index (χ3v) is 5.08. The second kappa shape index (κ2) is 7.61. The van der Waals surface area contributed by atoms with Crippen LogP contribution in [0.4, 0.5) is 0 Å². The van der Waals surface area contributed by atoms with Gasteiger partial charge in [0.05, 0.1) is 0 Å². The molecule has 0 aromatic carbocycles.